The highest BCUT2D eigenvalue weighted by atomic mass is 79.9. The fourth-order valence-electron chi connectivity index (χ4n) is 2.75. The molecule has 3 rings (SSSR count). The molecule has 1 aromatic rings. The summed E-state index contributed by atoms with van der Waals surface area (Å²) in [7, 11) is 0. The molecule has 0 bridgehead atoms. The quantitative estimate of drug-likeness (QED) is 0.908. The number of β-amino-alcohol motifs (C(OH)–C–C–N with tert-alkyl or cyclic N) is 1. The summed E-state index contributed by atoms with van der Waals surface area (Å²) < 4.78 is 1.03. The van der Waals surface area contributed by atoms with Gasteiger partial charge in [-0.05, 0) is 37.0 Å². The van der Waals surface area contributed by atoms with Crippen LogP contribution in [0.4, 0.5) is 0 Å². The molecule has 1 saturated carbocycles. The van der Waals surface area contributed by atoms with Crippen LogP contribution in [0.3, 0.4) is 0 Å². The minimum Gasteiger partial charge on any atom is -0.391 e. The third kappa shape index (κ3) is 1.97. The average Bonchev–Trinajstić information content (AvgIpc) is 3.06. The van der Waals surface area contributed by atoms with Gasteiger partial charge in [-0.25, -0.2) is 0 Å². The summed E-state index contributed by atoms with van der Waals surface area (Å²) in [6.07, 6.45) is 2.23. The third-order valence-electron chi connectivity index (χ3n) is 4.01. The lowest BCUT2D eigenvalue weighted by molar-refractivity contribution is -0.133. The number of nitrogens with zero attached hydrogens (tertiary/aromatic N) is 1. The number of likely N-dealkylation sites (tertiary alicyclic amines) is 1. The second-order valence-corrected chi connectivity index (χ2v) is 6.20. The van der Waals surface area contributed by atoms with Gasteiger partial charge in [-0.3, -0.25) is 4.79 Å². The number of benzene rings is 1. The molecule has 0 spiro atoms. The average molecular weight is 310 g/mol. The number of rotatable bonds is 2. The molecular weight excluding hydrogens is 294 g/mol. The molecule has 1 saturated heterocycles. The highest BCUT2D eigenvalue weighted by Gasteiger charge is 2.53. The van der Waals surface area contributed by atoms with E-state index in [9.17, 15) is 9.90 Å². The minimum atomic E-state index is -0.338. The Balaban J connectivity index is 1.82. The maximum atomic E-state index is 12.6. The molecule has 18 heavy (non-hydrogen) atoms. The van der Waals surface area contributed by atoms with Crippen molar-refractivity contribution in [3.63, 3.8) is 0 Å². The molecule has 1 heterocycles. The second-order valence-electron chi connectivity index (χ2n) is 5.28. The fourth-order valence-corrected chi connectivity index (χ4v) is 3.01. The molecule has 0 aromatic heterocycles. The van der Waals surface area contributed by atoms with Crippen LogP contribution in [-0.2, 0) is 10.2 Å². The molecule has 2 aliphatic rings. The van der Waals surface area contributed by atoms with Gasteiger partial charge in [-0.2, -0.15) is 0 Å². The highest BCUT2D eigenvalue weighted by molar-refractivity contribution is 9.10. The summed E-state index contributed by atoms with van der Waals surface area (Å²) in [6.45, 7) is 1.19. The van der Waals surface area contributed by atoms with Gasteiger partial charge in [0.1, 0.15) is 0 Å². The van der Waals surface area contributed by atoms with Crippen molar-refractivity contribution in [3.8, 4) is 0 Å². The maximum Gasteiger partial charge on any atom is 0.233 e. The topological polar surface area (TPSA) is 40.5 Å². The molecule has 4 heteroatoms. The number of aliphatic hydroxyl groups is 1. The summed E-state index contributed by atoms with van der Waals surface area (Å²) in [6, 6.07) is 8.03. The molecule has 1 aliphatic carbocycles. The first-order valence-corrected chi connectivity index (χ1v) is 7.15. The minimum absolute atomic E-state index is 0.196. The van der Waals surface area contributed by atoms with Gasteiger partial charge >= 0.3 is 0 Å². The number of hydrogen-bond donors (Lipinski definition) is 1. The van der Waals surface area contributed by atoms with E-state index in [4.69, 9.17) is 0 Å². The van der Waals surface area contributed by atoms with Gasteiger partial charge in [0, 0.05) is 17.6 Å². The number of hydrogen-bond acceptors (Lipinski definition) is 2. The largest absolute Gasteiger partial charge is 0.391 e. The molecule has 2 fully saturated rings. The Morgan fingerprint density at radius 3 is 2.50 bits per heavy atom. The molecule has 96 valence electrons. The van der Waals surface area contributed by atoms with Crippen LogP contribution in [0.5, 0.6) is 0 Å². The Hall–Kier alpha value is -0.870. The molecule has 1 atom stereocenters. The van der Waals surface area contributed by atoms with E-state index in [1.807, 2.05) is 29.2 Å². The lowest BCUT2D eigenvalue weighted by Gasteiger charge is -2.23. The van der Waals surface area contributed by atoms with E-state index in [0.717, 1.165) is 22.9 Å². The van der Waals surface area contributed by atoms with Gasteiger partial charge in [0.05, 0.1) is 11.5 Å². The van der Waals surface area contributed by atoms with Gasteiger partial charge in [-0.1, -0.05) is 28.1 Å². The number of aliphatic hydroxyl groups excluding tert-OH is 1. The zero-order chi connectivity index (χ0) is 12.8. The molecular formula is C14H16BrNO2. The summed E-state index contributed by atoms with van der Waals surface area (Å²) in [4.78, 5) is 14.4. The molecule has 1 aliphatic heterocycles. The summed E-state index contributed by atoms with van der Waals surface area (Å²) in [5, 5.41) is 9.54. The first-order chi connectivity index (χ1) is 8.62. The zero-order valence-corrected chi connectivity index (χ0v) is 11.7. The molecule has 1 amide bonds. The predicted octanol–water partition coefficient (Wildman–Crippen LogP) is 2.07. The monoisotopic (exact) mass is 309 g/mol. The standard InChI is InChI=1S/C14H16BrNO2/c15-11-3-1-10(2-4-11)14(6-7-14)13(18)16-8-5-12(17)9-16/h1-4,12,17H,5-9H2. The van der Waals surface area contributed by atoms with Crippen molar-refractivity contribution in [2.24, 2.45) is 0 Å². The van der Waals surface area contributed by atoms with Crippen LogP contribution in [0.1, 0.15) is 24.8 Å². The SMILES string of the molecule is O=C(N1CCC(O)C1)C1(c2ccc(Br)cc2)CC1. The Morgan fingerprint density at radius 2 is 2.00 bits per heavy atom. The van der Waals surface area contributed by atoms with E-state index in [2.05, 4.69) is 15.9 Å². The van der Waals surface area contributed by atoms with Gasteiger partial charge in [0.2, 0.25) is 5.91 Å². The molecule has 0 radical (unpaired) electrons. The van der Waals surface area contributed by atoms with Crippen molar-refractivity contribution in [1.29, 1.82) is 0 Å². The number of carbonyl (C=O) groups excluding carboxylic acids is 1. The van der Waals surface area contributed by atoms with Crippen molar-refractivity contribution in [1.82, 2.24) is 4.90 Å². The smallest absolute Gasteiger partial charge is 0.233 e. The molecule has 1 aromatic carbocycles. The van der Waals surface area contributed by atoms with Gasteiger partial charge in [0.15, 0.2) is 0 Å². The Morgan fingerprint density at radius 1 is 1.33 bits per heavy atom. The van der Waals surface area contributed by atoms with Crippen LogP contribution in [0.2, 0.25) is 0 Å². The molecule has 3 nitrogen and oxygen atoms in total. The van der Waals surface area contributed by atoms with Crippen molar-refractivity contribution >= 4 is 21.8 Å². The summed E-state index contributed by atoms with van der Waals surface area (Å²) in [5.74, 6) is 0.196. The van der Waals surface area contributed by atoms with Crippen LogP contribution < -0.4 is 0 Å². The van der Waals surface area contributed by atoms with E-state index in [1.54, 1.807) is 0 Å². The molecule has 1 N–H and O–H groups in total. The van der Waals surface area contributed by atoms with Gasteiger partial charge < -0.3 is 10.0 Å². The molecule has 1 unspecified atom stereocenters. The first kappa shape index (κ1) is 12.2. The summed E-state index contributed by atoms with van der Waals surface area (Å²) >= 11 is 3.42. The first-order valence-electron chi connectivity index (χ1n) is 6.35. The van der Waals surface area contributed by atoms with E-state index >= 15 is 0 Å². The van der Waals surface area contributed by atoms with Crippen LogP contribution >= 0.6 is 15.9 Å². The van der Waals surface area contributed by atoms with Crippen molar-refractivity contribution in [3.05, 3.63) is 34.3 Å². The van der Waals surface area contributed by atoms with E-state index in [0.29, 0.717) is 19.5 Å². The lowest BCUT2D eigenvalue weighted by atomic mass is 9.94. The fraction of sp³-hybridized carbons (Fsp3) is 0.500. The van der Waals surface area contributed by atoms with Gasteiger partial charge in [-0.15, -0.1) is 0 Å². The second kappa shape index (κ2) is 4.35. The van der Waals surface area contributed by atoms with Crippen molar-refractivity contribution in [2.75, 3.05) is 13.1 Å². The van der Waals surface area contributed by atoms with Crippen LogP contribution in [-0.4, -0.2) is 35.1 Å². The van der Waals surface area contributed by atoms with Gasteiger partial charge in [0.25, 0.3) is 0 Å². The number of amides is 1. The van der Waals surface area contributed by atoms with Crippen LogP contribution in [0.15, 0.2) is 28.7 Å². The Labute approximate surface area is 115 Å². The Bertz CT molecular complexity index is 467. The van der Waals surface area contributed by atoms with E-state index < -0.39 is 0 Å². The van der Waals surface area contributed by atoms with E-state index in [-0.39, 0.29) is 17.4 Å². The number of carbonyl (C=O) groups is 1. The normalized spacial score (nSPS) is 25.2. The third-order valence-corrected chi connectivity index (χ3v) is 4.54. The highest BCUT2D eigenvalue weighted by Crippen LogP contribution is 2.50. The van der Waals surface area contributed by atoms with E-state index in [1.165, 1.54) is 0 Å². The summed E-state index contributed by atoms with van der Waals surface area (Å²) in [5.41, 5.74) is 0.808. The maximum absolute atomic E-state index is 12.6. The zero-order valence-electron chi connectivity index (χ0n) is 10.1. The van der Waals surface area contributed by atoms with Crippen LogP contribution in [0, 0.1) is 0 Å². The Kier molecular flexibility index (Phi) is 2.94. The van der Waals surface area contributed by atoms with Crippen molar-refractivity contribution < 1.29 is 9.90 Å². The predicted molar refractivity (Wildman–Crippen MR) is 72.3 cm³/mol. The lowest BCUT2D eigenvalue weighted by Crippen LogP contribution is -2.38. The van der Waals surface area contributed by atoms with Crippen LogP contribution in [0.25, 0.3) is 0 Å². The van der Waals surface area contributed by atoms with Crippen molar-refractivity contribution in [2.45, 2.75) is 30.8 Å². The number of halogens is 1.